The zero-order valence-electron chi connectivity index (χ0n) is 12.3. The Morgan fingerprint density at radius 1 is 1.26 bits per heavy atom. The first kappa shape index (κ1) is 14.2. The second-order valence-corrected chi connectivity index (χ2v) is 5.53. The molecule has 1 N–H and O–H groups in total. The molecule has 1 fully saturated rings. The Hall–Kier alpha value is -1.26. The van der Waals surface area contributed by atoms with Gasteiger partial charge in [0, 0.05) is 37.3 Å². The number of hydrogen-bond donors (Lipinski definition) is 1. The van der Waals surface area contributed by atoms with Crippen LogP contribution < -0.4 is 4.74 Å². The minimum absolute atomic E-state index is 0.268. The second-order valence-electron chi connectivity index (χ2n) is 5.53. The van der Waals surface area contributed by atoms with E-state index in [-0.39, 0.29) is 5.75 Å². The standard InChI is InChI=1S/C15H24N2O2/c1-11-8-17(9-12(2)16(11)3)10-13-6-5-7-14(19-4)15(13)18/h5-7,11-12,18H,8-10H2,1-4H3. The fourth-order valence-electron chi connectivity index (χ4n) is 2.74. The average Bonchev–Trinajstić information content (AvgIpc) is 2.38. The summed E-state index contributed by atoms with van der Waals surface area (Å²) in [6.07, 6.45) is 0. The lowest BCUT2D eigenvalue weighted by Gasteiger charge is -2.42. The average molecular weight is 264 g/mol. The Kier molecular flexibility index (Phi) is 4.32. The number of hydrogen-bond acceptors (Lipinski definition) is 4. The maximum absolute atomic E-state index is 10.1. The summed E-state index contributed by atoms with van der Waals surface area (Å²) < 4.78 is 5.16. The van der Waals surface area contributed by atoms with Gasteiger partial charge in [-0.1, -0.05) is 12.1 Å². The molecular weight excluding hydrogens is 240 g/mol. The van der Waals surface area contributed by atoms with E-state index in [1.54, 1.807) is 13.2 Å². The van der Waals surface area contributed by atoms with Crippen molar-refractivity contribution in [2.75, 3.05) is 27.2 Å². The van der Waals surface area contributed by atoms with Crippen molar-refractivity contribution >= 4 is 0 Å². The summed E-state index contributed by atoms with van der Waals surface area (Å²) in [4.78, 5) is 4.80. The van der Waals surface area contributed by atoms with Crippen LogP contribution in [0.2, 0.25) is 0 Å². The van der Waals surface area contributed by atoms with Crippen molar-refractivity contribution < 1.29 is 9.84 Å². The molecule has 2 unspecified atom stereocenters. The number of nitrogens with zero attached hydrogens (tertiary/aromatic N) is 2. The molecule has 106 valence electrons. The summed E-state index contributed by atoms with van der Waals surface area (Å²) >= 11 is 0. The molecule has 0 aliphatic carbocycles. The van der Waals surface area contributed by atoms with Crippen molar-refractivity contribution in [2.45, 2.75) is 32.5 Å². The quantitative estimate of drug-likeness (QED) is 0.905. The highest BCUT2D eigenvalue weighted by Gasteiger charge is 2.26. The van der Waals surface area contributed by atoms with E-state index >= 15 is 0 Å². The highest BCUT2D eigenvalue weighted by Crippen LogP contribution is 2.30. The Morgan fingerprint density at radius 3 is 2.47 bits per heavy atom. The summed E-state index contributed by atoms with van der Waals surface area (Å²) in [6.45, 7) is 7.31. The third-order valence-electron chi connectivity index (χ3n) is 4.13. The summed E-state index contributed by atoms with van der Waals surface area (Å²) in [5.74, 6) is 0.817. The Morgan fingerprint density at radius 2 is 1.89 bits per heavy atom. The third kappa shape index (κ3) is 3.01. The van der Waals surface area contributed by atoms with Crippen LogP contribution in [0.15, 0.2) is 18.2 Å². The molecule has 19 heavy (non-hydrogen) atoms. The predicted octanol–water partition coefficient (Wildman–Crippen LogP) is 1.93. The highest BCUT2D eigenvalue weighted by molar-refractivity contribution is 5.45. The minimum atomic E-state index is 0.268. The highest BCUT2D eigenvalue weighted by atomic mass is 16.5. The molecule has 0 spiro atoms. The van der Waals surface area contributed by atoms with Crippen LogP contribution in [0, 0.1) is 0 Å². The van der Waals surface area contributed by atoms with Crippen molar-refractivity contribution in [3.8, 4) is 11.5 Å². The third-order valence-corrected chi connectivity index (χ3v) is 4.13. The van der Waals surface area contributed by atoms with E-state index in [1.165, 1.54) is 0 Å². The van der Waals surface area contributed by atoms with E-state index in [9.17, 15) is 5.11 Å². The number of ether oxygens (including phenoxy) is 1. The van der Waals surface area contributed by atoms with Crippen LogP contribution in [0.4, 0.5) is 0 Å². The zero-order valence-corrected chi connectivity index (χ0v) is 12.3. The Balaban J connectivity index is 2.09. The van der Waals surface area contributed by atoms with E-state index in [2.05, 4.69) is 30.7 Å². The molecule has 0 saturated carbocycles. The van der Waals surface area contributed by atoms with Gasteiger partial charge in [0.15, 0.2) is 11.5 Å². The number of piperazine rings is 1. The normalized spacial score (nSPS) is 25.5. The van der Waals surface area contributed by atoms with E-state index in [0.29, 0.717) is 17.8 Å². The molecule has 2 rings (SSSR count). The smallest absolute Gasteiger partial charge is 0.162 e. The van der Waals surface area contributed by atoms with Crippen LogP contribution in [0.3, 0.4) is 0 Å². The number of methoxy groups -OCH3 is 1. The molecule has 0 radical (unpaired) electrons. The van der Waals surface area contributed by atoms with Gasteiger partial charge in [-0.15, -0.1) is 0 Å². The lowest BCUT2D eigenvalue weighted by atomic mass is 10.1. The van der Waals surface area contributed by atoms with E-state index in [1.807, 2.05) is 12.1 Å². The summed E-state index contributed by atoms with van der Waals surface area (Å²) in [5.41, 5.74) is 0.934. The molecular formula is C15H24N2O2. The van der Waals surface area contributed by atoms with E-state index in [4.69, 9.17) is 4.74 Å². The fraction of sp³-hybridized carbons (Fsp3) is 0.600. The molecule has 0 aromatic heterocycles. The number of likely N-dealkylation sites (N-methyl/N-ethyl adjacent to an activating group) is 1. The second kappa shape index (κ2) is 5.80. The number of rotatable bonds is 3. The summed E-state index contributed by atoms with van der Waals surface area (Å²) in [5, 5.41) is 10.1. The molecule has 4 heteroatoms. The van der Waals surface area contributed by atoms with Crippen LogP contribution in [-0.4, -0.2) is 54.2 Å². The van der Waals surface area contributed by atoms with Gasteiger partial charge in [0.2, 0.25) is 0 Å². The molecule has 1 aromatic rings. The van der Waals surface area contributed by atoms with Crippen molar-refractivity contribution in [1.82, 2.24) is 9.80 Å². The predicted molar refractivity (Wildman–Crippen MR) is 76.6 cm³/mol. The molecule has 1 aromatic carbocycles. The van der Waals surface area contributed by atoms with Gasteiger partial charge in [0.1, 0.15) is 0 Å². The number of para-hydroxylation sites is 1. The largest absolute Gasteiger partial charge is 0.504 e. The van der Waals surface area contributed by atoms with Crippen molar-refractivity contribution in [2.24, 2.45) is 0 Å². The number of phenols is 1. The van der Waals surface area contributed by atoms with Crippen LogP contribution in [0.5, 0.6) is 11.5 Å². The molecule has 4 nitrogen and oxygen atoms in total. The van der Waals surface area contributed by atoms with E-state index in [0.717, 1.165) is 25.2 Å². The van der Waals surface area contributed by atoms with Crippen LogP contribution >= 0.6 is 0 Å². The van der Waals surface area contributed by atoms with Crippen LogP contribution in [-0.2, 0) is 6.54 Å². The molecule has 0 bridgehead atoms. The van der Waals surface area contributed by atoms with Gasteiger partial charge in [0.05, 0.1) is 7.11 Å². The van der Waals surface area contributed by atoms with Gasteiger partial charge >= 0.3 is 0 Å². The van der Waals surface area contributed by atoms with Gasteiger partial charge < -0.3 is 9.84 Å². The van der Waals surface area contributed by atoms with Gasteiger partial charge in [-0.2, -0.15) is 0 Å². The maximum Gasteiger partial charge on any atom is 0.162 e. The van der Waals surface area contributed by atoms with Crippen LogP contribution in [0.25, 0.3) is 0 Å². The van der Waals surface area contributed by atoms with Crippen molar-refractivity contribution in [3.63, 3.8) is 0 Å². The number of benzene rings is 1. The van der Waals surface area contributed by atoms with Crippen molar-refractivity contribution in [3.05, 3.63) is 23.8 Å². The van der Waals surface area contributed by atoms with Crippen molar-refractivity contribution in [1.29, 1.82) is 0 Å². The molecule has 1 saturated heterocycles. The first-order chi connectivity index (χ1) is 9.02. The maximum atomic E-state index is 10.1. The number of aromatic hydroxyl groups is 1. The van der Waals surface area contributed by atoms with Gasteiger partial charge in [-0.25, -0.2) is 0 Å². The molecule has 1 heterocycles. The lowest BCUT2D eigenvalue weighted by molar-refractivity contribution is 0.0551. The van der Waals surface area contributed by atoms with Gasteiger partial charge in [-0.05, 0) is 27.0 Å². The molecule has 2 atom stereocenters. The first-order valence-electron chi connectivity index (χ1n) is 6.82. The lowest BCUT2D eigenvalue weighted by Crippen LogP contribution is -2.54. The Labute approximate surface area is 115 Å². The Bertz CT molecular complexity index is 424. The first-order valence-corrected chi connectivity index (χ1v) is 6.82. The van der Waals surface area contributed by atoms with Gasteiger partial charge in [-0.3, -0.25) is 9.80 Å². The van der Waals surface area contributed by atoms with E-state index < -0.39 is 0 Å². The SMILES string of the molecule is COc1cccc(CN2CC(C)N(C)C(C)C2)c1O. The topological polar surface area (TPSA) is 35.9 Å². The molecule has 0 amide bonds. The fourth-order valence-corrected chi connectivity index (χ4v) is 2.74. The summed E-state index contributed by atoms with van der Waals surface area (Å²) in [7, 11) is 3.76. The van der Waals surface area contributed by atoms with Gasteiger partial charge in [0.25, 0.3) is 0 Å². The van der Waals surface area contributed by atoms with Crippen LogP contribution in [0.1, 0.15) is 19.4 Å². The minimum Gasteiger partial charge on any atom is -0.504 e. The molecule has 1 aliphatic rings. The summed E-state index contributed by atoms with van der Waals surface area (Å²) in [6, 6.07) is 6.75. The molecule has 1 aliphatic heterocycles. The zero-order chi connectivity index (χ0) is 14.0. The number of phenolic OH excluding ortho intramolecular Hbond substituents is 1. The monoisotopic (exact) mass is 264 g/mol.